The monoisotopic (exact) mass is 465 g/mol. The van der Waals surface area contributed by atoms with Crippen LogP contribution in [0.4, 0.5) is 5.13 Å². The number of ether oxygens (including phenoxy) is 1. The largest absolute Gasteiger partial charge is 0.485 e. The molecule has 2 heterocycles. The van der Waals surface area contributed by atoms with E-state index in [1.165, 1.54) is 23.1 Å². The Labute approximate surface area is 194 Å². The summed E-state index contributed by atoms with van der Waals surface area (Å²) < 4.78 is 7.70. The Morgan fingerprint density at radius 2 is 1.84 bits per heavy atom. The fourth-order valence-corrected chi connectivity index (χ4v) is 4.64. The molecule has 1 amide bonds. The van der Waals surface area contributed by atoms with Crippen molar-refractivity contribution in [3.63, 3.8) is 0 Å². The first-order chi connectivity index (χ1) is 15.5. The first-order valence-electron chi connectivity index (χ1n) is 10.0. The number of amides is 1. The lowest BCUT2D eigenvalue weighted by molar-refractivity contribution is -0.113. The van der Waals surface area contributed by atoms with Gasteiger partial charge in [-0.3, -0.25) is 4.79 Å². The highest BCUT2D eigenvalue weighted by Crippen LogP contribution is 2.30. The van der Waals surface area contributed by atoms with E-state index in [4.69, 9.17) is 4.74 Å². The summed E-state index contributed by atoms with van der Waals surface area (Å²) in [6, 6.07) is 17.8. The molecule has 0 atom stereocenters. The molecule has 0 saturated carbocycles. The number of rotatable bonds is 8. The zero-order valence-corrected chi connectivity index (χ0v) is 19.7. The second-order valence-corrected chi connectivity index (χ2v) is 9.28. The molecule has 0 fully saturated rings. The summed E-state index contributed by atoms with van der Waals surface area (Å²) in [4.78, 5) is 18.1. The van der Waals surface area contributed by atoms with E-state index in [9.17, 15) is 4.79 Å². The van der Waals surface area contributed by atoms with Crippen molar-refractivity contribution >= 4 is 34.1 Å². The molecule has 0 unspecified atom stereocenters. The van der Waals surface area contributed by atoms with Crippen molar-refractivity contribution in [3.8, 4) is 17.0 Å². The Morgan fingerprint density at radius 1 is 1.09 bits per heavy atom. The highest BCUT2D eigenvalue weighted by Gasteiger charge is 2.15. The number of aromatic nitrogens is 4. The maximum atomic E-state index is 12.5. The molecule has 0 aliphatic carbocycles. The molecule has 1 N–H and O–H groups in total. The Morgan fingerprint density at radius 3 is 2.62 bits per heavy atom. The van der Waals surface area contributed by atoms with Crippen molar-refractivity contribution in [1.82, 2.24) is 19.7 Å². The molecule has 164 valence electrons. The summed E-state index contributed by atoms with van der Waals surface area (Å²) in [7, 11) is 1.87. The molecule has 0 spiro atoms. The maximum Gasteiger partial charge on any atom is 0.236 e. The minimum absolute atomic E-state index is 0.135. The van der Waals surface area contributed by atoms with Gasteiger partial charge < -0.3 is 14.6 Å². The van der Waals surface area contributed by atoms with Crippen LogP contribution >= 0.6 is 23.1 Å². The molecule has 9 heteroatoms. The Balaban J connectivity index is 1.32. The molecular formula is C23H23N5O2S2. The van der Waals surface area contributed by atoms with E-state index >= 15 is 0 Å². The molecule has 7 nitrogen and oxygen atoms in total. The van der Waals surface area contributed by atoms with E-state index in [1.807, 2.05) is 80.1 Å². The number of carbonyl (C=O) groups excluding carboxylic acids is 1. The quantitative estimate of drug-likeness (QED) is 0.374. The first-order valence-corrected chi connectivity index (χ1v) is 11.8. The third kappa shape index (κ3) is 5.17. The van der Waals surface area contributed by atoms with Crippen LogP contribution in [0.15, 0.2) is 59.8 Å². The van der Waals surface area contributed by atoms with E-state index < -0.39 is 0 Å². The smallest absolute Gasteiger partial charge is 0.236 e. The zero-order valence-electron chi connectivity index (χ0n) is 18.0. The zero-order chi connectivity index (χ0) is 22.5. The molecule has 4 rings (SSSR count). The van der Waals surface area contributed by atoms with Crippen molar-refractivity contribution in [2.75, 3.05) is 11.1 Å². The fraction of sp³-hybridized carbons (Fsp3) is 0.217. The van der Waals surface area contributed by atoms with Crippen LogP contribution in [-0.2, 0) is 18.4 Å². The number of anilines is 1. The van der Waals surface area contributed by atoms with Crippen molar-refractivity contribution in [2.24, 2.45) is 7.05 Å². The molecule has 0 saturated heterocycles. The van der Waals surface area contributed by atoms with Gasteiger partial charge in [-0.05, 0) is 25.5 Å². The molecular weight excluding hydrogens is 442 g/mol. The first kappa shape index (κ1) is 22.0. The van der Waals surface area contributed by atoms with Gasteiger partial charge in [0, 0.05) is 17.5 Å². The number of aryl methyl sites for hydroxylation is 2. The van der Waals surface area contributed by atoms with E-state index in [0.29, 0.717) is 22.7 Å². The van der Waals surface area contributed by atoms with Crippen molar-refractivity contribution in [1.29, 1.82) is 0 Å². The van der Waals surface area contributed by atoms with Gasteiger partial charge in [-0.25, -0.2) is 4.98 Å². The number of thiazole rings is 1. The van der Waals surface area contributed by atoms with Crippen LogP contribution in [0.25, 0.3) is 11.3 Å². The van der Waals surface area contributed by atoms with Crippen LogP contribution in [0.1, 0.15) is 16.3 Å². The maximum absolute atomic E-state index is 12.5. The summed E-state index contributed by atoms with van der Waals surface area (Å²) in [6.45, 7) is 4.31. The number of hydrogen-bond donors (Lipinski definition) is 1. The topological polar surface area (TPSA) is 81.9 Å². The average Bonchev–Trinajstić information content (AvgIpc) is 3.34. The predicted octanol–water partition coefficient (Wildman–Crippen LogP) is 4.87. The van der Waals surface area contributed by atoms with Gasteiger partial charge >= 0.3 is 0 Å². The summed E-state index contributed by atoms with van der Waals surface area (Å²) >= 11 is 2.80. The fourth-order valence-electron chi connectivity index (χ4n) is 3.06. The third-order valence-electron chi connectivity index (χ3n) is 4.80. The predicted molar refractivity (Wildman–Crippen MR) is 128 cm³/mol. The van der Waals surface area contributed by atoms with Gasteiger partial charge in [0.2, 0.25) is 5.91 Å². The normalized spacial score (nSPS) is 10.8. The number of nitrogens with one attached hydrogen (secondary N) is 1. The Hall–Kier alpha value is -3.17. The molecule has 0 bridgehead atoms. The summed E-state index contributed by atoms with van der Waals surface area (Å²) in [5.74, 6) is 1.59. The molecule has 2 aromatic carbocycles. The second-order valence-electron chi connectivity index (χ2n) is 7.14. The second kappa shape index (κ2) is 9.97. The summed E-state index contributed by atoms with van der Waals surface area (Å²) in [5.41, 5.74) is 2.99. The van der Waals surface area contributed by atoms with Crippen LogP contribution in [0.3, 0.4) is 0 Å². The lowest BCUT2D eigenvalue weighted by Gasteiger charge is -2.08. The van der Waals surface area contributed by atoms with Crippen molar-refractivity contribution in [2.45, 2.75) is 25.6 Å². The van der Waals surface area contributed by atoms with Gasteiger partial charge in [-0.15, -0.1) is 21.5 Å². The summed E-state index contributed by atoms with van der Waals surface area (Å²) in [6.07, 6.45) is 0. The minimum atomic E-state index is -0.135. The number of thioether (sulfide) groups is 1. The SMILES string of the molecule is Cc1ccccc1OCc1nnc(SCC(=O)Nc2nc(-c3ccccc3)c(C)s2)n1C. The van der Waals surface area contributed by atoms with E-state index in [-0.39, 0.29) is 11.7 Å². The number of nitrogens with zero attached hydrogens (tertiary/aromatic N) is 4. The molecule has 2 aromatic heterocycles. The molecule has 0 aliphatic rings. The lowest BCUT2D eigenvalue weighted by Crippen LogP contribution is -2.14. The lowest BCUT2D eigenvalue weighted by atomic mass is 10.1. The van der Waals surface area contributed by atoms with Gasteiger partial charge in [-0.1, -0.05) is 60.3 Å². The third-order valence-corrected chi connectivity index (χ3v) is 6.70. The average molecular weight is 466 g/mol. The Kier molecular flexibility index (Phi) is 6.87. The van der Waals surface area contributed by atoms with Crippen molar-refractivity contribution < 1.29 is 9.53 Å². The van der Waals surface area contributed by atoms with Crippen LogP contribution in [0, 0.1) is 13.8 Å². The molecule has 32 heavy (non-hydrogen) atoms. The van der Waals surface area contributed by atoms with Crippen LogP contribution < -0.4 is 10.1 Å². The molecule has 0 aliphatic heterocycles. The van der Waals surface area contributed by atoms with E-state index in [2.05, 4.69) is 20.5 Å². The standard InChI is InChI=1S/C23H23N5O2S2/c1-15-9-7-8-12-18(15)30-13-19-26-27-23(28(19)3)31-14-20(29)24-22-25-21(16(2)32-22)17-10-5-4-6-11-17/h4-12H,13-14H2,1-3H3,(H,24,25,29). The van der Waals surface area contributed by atoms with Crippen LogP contribution in [-0.4, -0.2) is 31.4 Å². The highest BCUT2D eigenvalue weighted by molar-refractivity contribution is 7.99. The van der Waals surface area contributed by atoms with Gasteiger partial charge in [0.1, 0.15) is 12.4 Å². The Bertz CT molecular complexity index is 1220. The van der Waals surface area contributed by atoms with E-state index in [0.717, 1.165) is 27.4 Å². The van der Waals surface area contributed by atoms with Crippen LogP contribution in [0.5, 0.6) is 5.75 Å². The number of benzene rings is 2. The van der Waals surface area contributed by atoms with Crippen molar-refractivity contribution in [3.05, 3.63) is 70.9 Å². The van der Waals surface area contributed by atoms with Gasteiger partial charge in [0.05, 0.1) is 11.4 Å². The summed E-state index contributed by atoms with van der Waals surface area (Å²) in [5, 5.41) is 12.5. The van der Waals surface area contributed by atoms with Gasteiger partial charge in [0.15, 0.2) is 16.1 Å². The van der Waals surface area contributed by atoms with Gasteiger partial charge in [-0.2, -0.15) is 0 Å². The minimum Gasteiger partial charge on any atom is -0.485 e. The molecule has 4 aromatic rings. The number of hydrogen-bond acceptors (Lipinski definition) is 7. The van der Waals surface area contributed by atoms with Crippen LogP contribution in [0.2, 0.25) is 0 Å². The number of carbonyl (C=O) groups is 1. The highest BCUT2D eigenvalue weighted by atomic mass is 32.2. The number of para-hydroxylation sites is 1. The molecule has 0 radical (unpaired) electrons. The van der Waals surface area contributed by atoms with E-state index in [1.54, 1.807) is 0 Å². The van der Waals surface area contributed by atoms with Gasteiger partial charge in [0.25, 0.3) is 0 Å².